The number of aromatic nitrogens is 2. The Hall–Kier alpha value is -2.95. The van der Waals surface area contributed by atoms with Crippen LogP contribution in [0.4, 0.5) is 5.82 Å². The topological polar surface area (TPSA) is 93.5 Å². The van der Waals surface area contributed by atoms with Gasteiger partial charge in [-0.3, -0.25) is 9.36 Å². The van der Waals surface area contributed by atoms with Gasteiger partial charge in [0.15, 0.2) is 5.60 Å². The van der Waals surface area contributed by atoms with E-state index in [-0.39, 0.29) is 18.3 Å². The lowest BCUT2D eigenvalue weighted by Crippen LogP contribution is -2.33. The predicted octanol–water partition coefficient (Wildman–Crippen LogP) is 1.17. The number of amides is 1. The zero-order valence-corrected chi connectivity index (χ0v) is 13.4. The van der Waals surface area contributed by atoms with Crippen LogP contribution in [0.1, 0.15) is 29.4 Å². The Morgan fingerprint density at radius 3 is 2.80 bits per heavy atom. The molecule has 1 fully saturated rings. The van der Waals surface area contributed by atoms with Crippen LogP contribution in [0.5, 0.6) is 0 Å². The second kappa shape index (κ2) is 6.89. The average Bonchev–Trinajstić information content (AvgIpc) is 3.07. The minimum absolute atomic E-state index is 0.151. The zero-order chi connectivity index (χ0) is 17.9. The highest BCUT2D eigenvalue weighted by atomic mass is 16.5. The Labute approximate surface area is 144 Å². The molecule has 0 bridgehead atoms. The third-order valence-corrected chi connectivity index (χ3v) is 4.09. The van der Waals surface area contributed by atoms with Gasteiger partial charge in [0.05, 0.1) is 6.61 Å². The first-order valence-electron chi connectivity index (χ1n) is 7.79. The van der Waals surface area contributed by atoms with Gasteiger partial charge in [-0.15, -0.1) is 6.42 Å². The van der Waals surface area contributed by atoms with Crippen LogP contribution in [-0.4, -0.2) is 32.8 Å². The molecule has 0 unspecified atom stereocenters. The maximum atomic E-state index is 12.2. The van der Waals surface area contributed by atoms with Crippen molar-refractivity contribution in [1.29, 1.82) is 0 Å². The van der Waals surface area contributed by atoms with Gasteiger partial charge in [0, 0.05) is 11.8 Å². The van der Waals surface area contributed by atoms with Crippen LogP contribution >= 0.6 is 0 Å². The van der Waals surface area contributed by atoms with E-state index in [2.05, 4.69) is 16.2 Å². The molecular weight excluding hydrogens is 322 g/mol. The molecule has 1 amide bonds. The molecule has 1 aliphatic heterocycles. The van der Waals surface area contributed by atoms with Gasteiger partial charge < -0.3 is 15.2 Å². The average molecular weight is 339 g/mol. The number of carbonyl (C=O) groups is 1. The first-order valence-corrected chi connectivity index (χ1v) is 7.79. The van der Waals surface area contributed by atoms with Crippen molar-refractivity contribution in [2.45, 2.75) is 24.7 Å². The predicted molar refractivity (Wildman–Crippen MR) is 90.9 cm³/mol. The summed E-state index contributed by atoms with van der Waals surface area (Å²) in [6.45, 7) is -0.312. The number of nitrogens with one attached hydrogen (secondary N) is 1. The van der Waals surface area contributed by atoms with Crippen LogP contribution in [0.25, 0.3) is 0 Å². The maximum absolute atomic E-state index is 12.2. The standard InChI is InChI=1S/C18H17N3O4/c1-2-18(12-22)10-8-15(25-18)21-11-9-14(20-17(21)24)19-16(23)13-6-4-3-5-7-13/h1,3-7,9,11,15,22H,8,10,12H2,(H,19,20,23,24)/t15-,18+/m1/s1. The summed E-state index contributed by atoms with van der Waals surface area (Å²) in [6, 6.07) is 10.1. The minimum Gasteiger partial charge on any atom is -0.392 e. The summed E-state index contributed by atoms with van der Waals surface area (Å²) in [5, 5.41) is 12.0. The van der Waals surface area contributed by atoms with Crippen molar-refractivity contribution in [2.24, 2.45) is 0 Å². The lowest BCUT2D eigenvalue weighted by atomic mass is 10.0. The van der Waals surface area contributed by atoms with Crippen LogP contribution < -0.4 is 11.0 Å². The van der Waals surface area contributed by atoms with E-state index in [1.807, 2.05) is 0 Å². The van der Waals surface area contributed by atoms with Gasteiger partial charge in [-0.05, 0) is 31.0 Å². The van der Waals surface area contributed by atoms with Gasteiger partial charge in [0.1, 0.15) is 12.0 Å². The van der Waals surface area contributed by atoms with Crippen LogP contribution in [0.2, 0.25) is 0 Å². The van der Waals surface area contributed by atoms with Gasteiger partial charge in [-0.25, -0.2) is 4.79 Å². The van der Waals surface area contributed by atoms with Gasteiger partial charge in [-0.1, -0.05) is 24.1 Å². The van der Waals surface area contributed by atoms with Crippen molar-refractivity contribution >= 4 is 11.7 Å². The fourth-order valence-electron chi connectivity index (χ4n) is 2.68. The van der Waals surface area contributed by atoms with E-state index in [1.165, 1.54) is 16.8 Å². The molecule has 0 radical (unpaired) electrons. The first kappa shape index (κ1) is 16.9. The third kappa shape index (κ3) is 3.45. The molecule has 7 nitrogen and oxygen atoms in total. The second-order valence-corrected chi connectivity index (χ2v) is 5.73. The van der Waals surface area contributed by atoms with Gasteiger partial charge in [0.2, 0.25) is 0 Å². The number of aliphatic hydroxyl groups excluding tert-OH is 1. The largest absolute Gasteiger partial charge is 0.392 e. The van der Waals surface area contributed by atoms with Crippen molar-refractivity contribution in [2.75, 3.05) is 11.9 Å². The summed E-state index contributed by atoms with van der Waals surface area (Å²) in [5.74, 6) is 2.24. The quantitative estimate of drug-likeness (QED) is 0.816. The van der Waals surface area contributed by atoms with E-state index in [9.17, 15) is 14.7 Å². The molecule has 3 rings (SSSR count). The lowest BCUT2D eigenvalue weighted by Gasteiger charge is -2.21. The zero-order valence-electron chi connectivity index (χ0n) is 13.4. The highest BCUT2D eigenvalue weighted by Crippen LogP contribution is 2.34. The van der Waals surface area contributed by atoms with E-state index in [0.29, 0.717) is 18.4 Å². The Bertz CT molecular complexity index is 872. The van der Waals surface area contributed by atoms with Crippen molar-refractivity contribution in [3.05, 3.63) is 58.6 Å². The summed E-state index contributed by atoms with van der Waals surface area (Å²) >= 11 is 0. The van der Waals surface area contributed by atoms with E-state index in [4.69, 9.17) is 11.2 Å². The Kier molecular flexibility index (Phi) is 4.65. The van der Waals surface area contributed by atoms with Crippen LogP contribution in [-0.2, 0) is 4.74 Å². The number of terminal acetylenes is 1. The smallest absolute Gasteiger partial charge is 0.351 e. The first-order chi connectivity index (χ1) is 12.1. The highest BCUT2D eigenvalue weighted by Gasteiger charge is 2.39. The van der Waals surface area contributed by atoms with Crippen molar-refractivity contribution in [1.82, 2.24) is 9.55 Å². The van der Waals surface area contributed by atoms with Gasteiger partial charge >= 0.3 is 5.69 Å². The monoisotopic (exact) mass is 339 g/mol. The Morgan fingerprint density at radius 2 is 2.20 bits per heavy atom. The number of rotatable bonds is 4. The summed E-state index contributed by atoms with van der Waals surface area (Å²) < 4.78 is 6.95. The molecule has 1 aromatic carbocycles. The van der Waals surface area contributed by atoms with Crippen molar-refractivity contribution in [3.63, 3.8) is 0 Å². The summed E-state index contributed by atoms with van der Waals surface area (Å²) in [7, 11) is 0. The molecule has 1 aliphatic rings. The molecule has 1 aromatic heterocycles. The molecule has 1 saturated heterocycles. The van der Waals surface area contributed by atoms with Crippen molar-refractivity contribution < 1.29 is 14.6 Å². The van der Waals surface area contributed by atoms with E-state index < -0.39 is 17.5 Å². The molecule has 2 heterocycles. The molecule has 0 saturated carbocycles. The molecule has 0 aliphatic carbocycles. The van der Waals surface area contributed by atoms with Crippen molar-refractivity contribution in [3.8, 4) is 12.3 Å². The number of nitrogens with zero attached hydrogens (tertiary/aromatic N) is 2. The number of hydrogen-bond donors (Lipinski definition) is 2. The number of ether oxygens (including phenoxy) is 1. The number of hydrogen-bond acceptors (Lipinski definition) is 5. The molecule has 25 heavy (non-hydrogen) atoms. The van der Waals surface area contributed by atoms with E-state index in [0.717, 1.165) is 0 Å². The number of aliphatic hydroxyl groups is 1. The molecule has 128 valence electrons. The van der Waals surface area contributed by atoms with Gasteiger partial charge in [0.25, 0.3) is 5.91 Å². The fourth-order valence-corrected chi connectivity index (χ4v) is 2.68. The Morgan fingerprint density at radius 1 is 1.44 bits per heavy atom. The summed E-state index contributed by atoms with van der Waals surface area (Å²) in [4.78, 5) is 28.2. The second-order valence-electron chi connectivity index (χ2n) is 5.73. The number of benzene rings is 1. The highest BCUT2D eigenvalue weighted by molar-refractivity contribution is 6.03. The van der Waals surface area contributed by atoms with Crippen LogP contribution in [0.3, 0.4) is 0 Å². The normalized spacial score (nSPS) is 22.3. The summed E-state index contributed by atoms with van der Waals surface area (Å²) in [5.41, 5.74) is -1.17. The molecular formula is C18H17N3O4. The SMILES string of the molecule is C#C[C@@]1(CO)CC[C@H](n2ccc(NC(=O)c3ccccc3)nc2=O)O1. The lowest BCUT2D eigenvalue weighted by molar-refractivity contribution is -0.0648. The molecule has 0 spiro atoms. The molecule has 2 N–H and O–H groups in total. The van der Waals surface area contributed by atoms with Crippen LogP contribution in [0, 0.1) is 12.3 Å². The maximum Gasteiger partial charge on any atom is 0.351 e. The fraction of sp³-hybridized carbons (Fsp3) is 0.278. The van der Waals surface area contributed by atoms with E-state index in [1.54, 1.807) is 30.3 Å². The number of anilines is 1. The molecule has 2 atom stereocenters. The molecule has 2 aromatic rings. The van der Waals surface area contributed by atoms with E-state index >= 15 is 0 Å². The molecule has 7 heteroatoms. The summed E-state index contributed by atoms with van der Waals surface area (Å²) in [6.07, 6.45) is 7.24. The van der Waals surface area contributed by atoms with Gasteiger partial charge in [-0.2, -0.15) is 4.98 Å². The Balaban J connectivity index is 1.75. The number of carbonyl (C=O) groups excluding carboxylic acids is 1. The third-order valence-electron chi connectivity index (χ3n) is 4.09. The van der Waals surface area contributed by atoms with Crippen LogP contribution in [0.15, 0.2) is 47.4 Å². The minimum atomic E-state index is -1.07.